The third-order valence-corrected chi connectivity index (χ3v) is 8.09. The molecule has 1 heterocycles. The van der Waals surface area contributed by atoms with Crippen LogP contribution in [0.1, 0.15) is 36.8 Å². The summed E-state index contributed by atoms with van der Waals surface area (Å²) in [5.41, 5.74) is 0.496. The van der Waals surface area contributed by atoms with Gasteiger partial charge in [0.25, 0.3) is 5.56 Å². The minimum Gasteiger partial charge on any atom is -0.268 e. The van der Waals surface area contributed by atoms with E-state index in [1.54, 1.807) is 43.3 Å². The molecule has 4 rings (SSSR count). The van der Waals surface area contributed by atoms with Crippen molar-refractivity contribution in [1.82, 2.24) is 13.9 Å². The van der Waals surface area contributed by atoms with E-state index in [1.807, 2.05) is 19.1 Å². The van der Waals surface area contributed by atoms with E-state index >= 15 is 0 Å². The maximum atomic E-state index is 13.5. The summed E-state index contributed by atoms with van der Waals surface area (Å²) in [6.45, 7) is 3.54. The number of aromatic nitrogens is 2. The maximum Gasteiger partial charge on any atom is 0.416 e. The highest BCUT2D eigenvalue weighted by atomic mass is 32.2. The van der Waals surface area contributed by atoms with Gasteiger partial charge in [-0.25, -0.2) is 13.4 Å². The van der Waals surface area contributed by atoms with Crippen molar-refractivity contribution in [3.8, 4) is 5.69 Å². The van der Waals surface area contributed by atoms with Crippen LogP contribution in [0.15, 0.2) is 82.5 Å². The van der Waals surface area contributed by atoms with Crippen LogP contribution in [0.3, 0.4) is 0 Å². The minimum absolute atomic E-state index is 0.140. The largest absolute Gasteiger partial charge is 0.416 e. The Morgan fingerprint density at radius 1 is 1.00 bits per heavy atom. The van der Waals surface area contributed by atoms with Crippen LogP contribution >= 0.6 is 0 Å². The fraction of sp³-hybridized carbons (Fsp3) is 0.231. The molecule has 0 amide bonds. The van der Waals surface area contributed by atoms with Crippen molar-refractivity contribution >= 4 is 20.9 Å². The molecule has 0 aliphatic heterocycles. The predicted molar refractivity (Wildman–Crippen MR) is 132 cm³/mol. The topological polar surface area (TPSA) is 72.3 Å². The van der Waals surface area contributed by atoms with Gasteiger partial charge in [-0.05, 0) is 61.4 Å². The fourth-order valence-electron chi connectivity index (χ4n) is 3.93. The van der Waals surface area contributed by atoms with Crippen molar-refractivity contribution in [2.75, 3.05) is 7.05 Å². The molecule has 1 aromatic heterocycles. The molecule has 0 spiro atoms. The quantitative estimate of drug-likeness (QED) is 0.347. The van der Waals surface area contributed by atoms with Crippen LogP contribution in [0.5, 0.6) is 0 Å². The van der Waals surface area contributed by atoms with E-state index in [0.717, 1.165) is 34.5 Å². The van der Waals surface area contributed by atoms with E-state index < -0.39 is 32.7 Å². The molecular formula is C26H24F3N3O3S. The zero-order valence-corrected chi connectivity index (χ0v) is 20.6. The van der Waals surface area contributed by atoms with Gasteiger partial charge in [0.1, 0.15) is 5.82 Å². The van der Waals surface area contributed by atoms with Crippen molar-refractivity contribution in [3.63, 3.8) is 0 Å². The van der Waals surface area contributed by atoms with Crippen LogP contribution in [0.4, 0.5) is 13.2 Å². The molecule has 6 nitrogen and oxygen atoms in total. The molecule has 3 aromatic carbocycles. The summed E-state index contributed by atoms with van der Waals surface area (Å²) < 4.78 is 68.6. The number of nitrogens with zero attached hydrogens (tertiary/aromatic N) is 3. The number of aryl methyl sites for hydroxylation is 1. The Balaban J connectivity index is 1.87. The number of rotatable bonds is 6. The number of sulfonamides is 1. The van der Waals surface area contributed by atoms with Crippen molar-refractivity contribution in [2.45, 2.75) is 37.4 Å². The molecule has 1 atom stereocenters. The van der Waals surface area contributed by atoms with Gasteiger partial charge in [0.2, 0.25) is 10.0 Å². The van der Waals surface area contributed by atoms with Crippen LogP contribution in [-0.4, -0.2) is 29.3 Å². The first-order valence-electron chi connectivity index (χ1n) is 11.2. The fourth-order valence-corrected chi connectivity index (χ4v) is 5.30. The molecule has 188 valence electrons. The second-order valence-electron chi connectivity index (χ2n) is 8.37. The molecule has 0 radical (unpaired) electrons. The third-order valence-electron chi connectivity index (χ3n) is 6.16. The molecule has 0 bridgehead atoms. The van der Waals surface area contributed by atoms with E-state index in [2.05, 4.69) is 4.98 Å². The molecule has 0 saturated carbocycles. The summed E-state index contributed by atoms with van der Waals surface area (Å²) in [4.78, 5) is 17.6. The van der Waals surface area contributed by atoms with E-state index in [-0.39, 0.29) is 11.4 Å². The summed E-state index contributed by atoms with van der Waals surface area (Å²) in [6.07, 6.45) is -3.90. The Hall–Kier alpha value is -3.50. The first-order chi connectivity index (χ1) is 16.9. The third kappa shape index (κ3) is 4.66. The number of alkyl halides is 3. The van der Waals surface area contributed by atoms with E-state index in [0.29, 0.717) is 22.7 Å². The van der Waals surface area contributed by atoms with Gasteiger partial charge in [-0.15, -0.1) is 0 Å². The molecule has 0 aliphatic rings. The highest BCUT2D eigenvalue weighted by Gasteiger charge is 2.34. The lowest BCUT2D eigenvalue weighted by Gasteiger charge is -2.26. The van der Waals surface area contributed by atoms with Crippen molar-refractivity contribution in [2.24, 2.45) is 0 Å². The van der Waals surface area contributed by atoms with Crippen molar-refractivity contribution < 1.29 is 21.6 Å². The molecule has 0 fully saturated rings. The molecule has 10 heteroatoms. The lowest BCUT2D eigenvalue weighted by molar-refractivity contribution is -0.137. The van der Waals surface area contributed by atoms with Gasteiger partial charge < -0.3 is 0 Å². The van der Waals surface area contributed by atoms with Gasteiger partial charge in [0.15, 0.2) is 0 Å². The highest BCUT2D eigenvalue weighted by molar-refractivity contribution is 7.89. The molecule has 1 unspecified atom stereocenters. The molecule has 0 N–H and O–H groups in total. The maximum absolute atomic E-state index is 13.5. The SMILES string of the molecule is CCc1ccc(-n2c(C(C)N(C)S(=O)(=O)c3cccc(C(F)(F)F)c3)nc3ccccc3c2=O)cc1. The van der Waals surface area contributed by atoms with Crippen molar-refractivity contribution in [1.29, 1.82) is 0 Å². The number of hydrogen-bond acceptors (Lipinski definition) is 4. The predicted octanol–water partition coefficient (Wildman–Crippen LogP) is 5.35. The molecule has 36 heavy (non-hydrogen) atoms. The first-order valence-corrected chi connectivity index (χ1v) is 12.7. The highest BCUT2D eigenvalue weighted by Crippen LogP contribution is 2.32. The summed E-state index contributed by atoms with van der Waals surface area (Å²) in [6, 6.07) is 16.5. The normalized spacial score (nSPS) is 13.3. The average Bonchev–Trinajstić information content (AvgIpc) is 2.87. The molecular weight excluding hydrogens is 491 g/mol. The van der Waals surface area contributed by atoms with Gasteiger partial charge >= 0.3 is 6.18 Å². The zero-order chi connectivity index (χ0) is 26.3. The lowest BCUT2D eigenvalue weighted by atomic mass is 10.1. The van der Waals surface area contributed by atoms with Crippen LogP contribution in [0.2, 0.25) is 0 Å². The Kier molecular flexibility index (Phi) is 6.76. The smallest absolute Gasteiger partial charge is 0.268 e. The van der Waals surface area contributed by atoms with Crippen LogP contribution in [0.25, 0.3) is 16.6 Å². The minimum atomic E-state index is -4.69. The average molecular weight is 516 g/mol. The zero-order valence-electron chi connectivity index (χ0n) is 19.8. The van der Waals surface area contributed by atoms with Gasteiger partial charge in [0, 0.05) is 7.05 Å². The molecule has 4 aromatic rings. The Labute approximate surface area is 206 Å². The van der Waals surface area contributed by atoms with Crippen LogP contribution in [0, 0.1) is 0 Å². The van der Waals surface area contributed by atoms with Gasteiger partial charge in [0.05, 0.1) is 33.1 Å². The van der Waals surface area contributed by atoms with Crippen LogP contribution in [-0.2, 0) is 22.6 Å². The Morgan fingerprint density at radius 3 is 2.31 bits per heavy atom. The van der Waals surface area contributed by atoms with Crippen LogP contribution < -0.4 is 5.56 Å². The monoisotopic (exact) mass is 515 g/mol. The number of halogens is 3. The van der Waals surface area contributed by atoms with E-state index in [9.17, 15) is 26.4 Å². The van der Waals surface area contributed by atoms with E-state index in [4.69, 9.17) is 0 Å². The summed E-state index contributed by atoms with van der Waals surface area (Å²) >= 11 is 0. The standard InChI is InChI=1S/C26H24F3N3O3S/c1-4-18-12-14-20(15-13-18)32-24(30-23-11-6-5-10-22(23)25(32)33)17(2)31(3)36(34,35)21-9-7-8-19(16-21)26(27,28)29/h5-17H,4H2,1-3H3. The molecule has 0 saturated heterocycles. The first kappa shape index (κ1) is 25.6. The Bertz CT molecular complexity index is 1580. The number of fused-ring (bicyclic) bond motifs is 1. The second-order valence-corrected chi connectivity index (χ2v) is 10.4. The van der Waals surface area contributed by atoms with Gasteiger partial charge in [-0.2, -0.15) is 17.5 Å². The lowest BCUT2D eigenvalue weighted by Crippen LogP contribution is -2.35. The number of para-hydroxylation sites is 1. The Morgan fingerprint density at radius 2 is 1.67 bits per heavy atom. The van der Waals surface area contributed by atoms with Crippen molar-refractivity contribution in [3.05, 3.63) is 100 Å². The van der Waals surface area contributed by atoms with Gasteiger partial charge in [-0.3, -0.25) is 9.36 Å². The summed E-state index contributed by atoms with van der Waals surface area (Å²) in [5, 5.41) is 0.358. The summed E-state index contributed by atoms with van der Waals surface area (Å²) in [7, 11) is -3.11. The summed E-state index contributed by atoms with van der Waals surface area (Å²) in [5.74, 6) is 0.140. The van der Waals surface area contributed by atoms with Gasteiger partial charge in [-0.1, -0.05) is 37.3 Å². The van der Waals surface area contributed by atoms with E-state index in [1.165, 1.54) is 11.6 Å². The number of hydrogen-bond donors (Lipinski definition) is 0. The number of benzene rings is 3. The second kappa shape index (κ2) is 9.51. The molecule has 0 aliphatic carbocycles.